The van der Waals surface area contributed by atoms with Crippen LogP contribution in [0.4, 0.5) is 24.8 Å². The molecule has 1 aromatic carbocycles. The zero-order chi connectivity index (χ0) is 20.3. The zero-order valence-electron chi connectivity index (χ0n) is 16.5. The van der Waals surface area contributed by atoms with Crippen LogP contribution in [0.3, 0.4) is 0 Å². The molecule has 1 fully saturated rings. The van der Waals surface area contributed by atoms with Gasteiger partial charge in [0.05, 0.1) is 0 Å². The van der Waals surface area contributed by atoms with Crippen molar-refractivity contribution in [3.05, 3.63) is 41.6 Å². The van der Waals surface area contributed by atoms with Crippen molar-refractivity contribution >= 4 is 11.6 Å². The van der Waals surface area contributed by atoms with Crippen LogP contribution in [0, 0.1) is 0 Å². The van der Waals surface area contributed by atoms with E-state index in [0.29, 0.717) is 6.54 Å². The van der Waals surface area contributed by atoms with Gasteiger partial charge in [0.15, 0.2) is 0 Å². The minimum absolute atomic E-state index is 0.219. The lowest BCUT2D eigenvalue weighted by atomic mass is 10.0. The van der Waals surface area contributed by atoms with E-state index < -0.39 is 11.7 Å². The summed E-state index contributed by atoms with van der Waals surface area (Å²) < 4.78 is 46.1. The quantitative estimate of drug-likeness (QED) is 0.594. The number of rotatable bonds is 6. The van der Waals surface area contributed by atoms with Crippen LogP contribution in [-0.4, -0.2) is 22.6 Å². The molecule has 2 aromatic rings. The van der Waals surface area contributed by atoms with Crippen molar-refractivity contribution in [1.82, 2.24) is 9.97 Å². The highest BCUT2D eigenvalue weighted by atomic mass is 19.4. The van der Waals surface area contributed by atoms with E-state index in [4.69, 9.17) is 4.74 Å². The highest BCUT2D eigenvalue weighted by molar-refractivity contribution is 5.63. The third-order valence-corrected chi connectivity index (χ3v) is 5.03. The minimum Gasteiger partial charge on any atom is -0.474 e. The summed E-state index contributed by atoms with van der Waals surface area (Å²) in [7, 11) is 0. The van der Waals surface area contributed by atoms with Crippen LogP contribution in [-0.2, 0) is 6.18 Å². The smallest absolute Gasteiger partial charge is 0.423 e. The molecule has 1 aliphatic rings. The summed E-state index contributed by atoms with van der Waals surface area (Å²) >= 11 is 0. The molecule has 152 valence electrons. The maximum Gasteiger partial charge on any atom is 0.423 e. The van der Waals surface area contributed by atoms with Crippen LogP contribution in [0.5, 0.6) is 5.88 Å². The molecular formula is C21H26F3N3O. The SMILES string of the molecule is CCN(c1ncc(C(F)(F)F)c(OC2CCCC2)n1)c1ccccc1C(C)C. The van der Waals surface area contributed by atoms with E-state index in [9.17, 15) is 13.2 Å². The van der Waals surface area contributed by atoms with Gasteiger partial charge in [0, 0.05) is 18.4 Å². The van der Waals surface area contributed by atoms with Gasteiger partial charge in [-0.05, 0) is 50.2 Å². The number of ether oxygens (including phenoxy) is 1. The number of para-hydroxylation sites is 1. The van der Waals surface area contributed by atoms with Crippen molar-refractivity contribution in [2.75, 3.05) is 11.4 Å². The fourth-order valence-electron chi connectivity index (χ4n) is 3.58. The topological polar surface area (TPSA) is 38.2 Å². The lowest BCUT2D eigenvalue weighted by molar-refractivity contribution is -0.139. The predicted molar refractivity (Wildman–Crippen MR) is 103 cm³/mol. The first-order valence-electron chi connectivity index (χ1n) is 9.78. The fourth-order valence-corrected chi connectivity index (χ4v) is 3.58. The molecule has 0 aliphatic heterocycles. The number of aromatic nitrogens is 2. The normalized spacial score (nSPS) is 15.2. The van der Waals surface area contributed by atoms with Crippen molar-refractivity contribution < 1.29 is 17.9 Å². The van der Waals surface area contributed by atoms with Gasteiger partial charge >= 0.3 is 6.18 Å². The largest absolute Gasteiger partial charge is 0.474 e. The number of halogens is 3. The Morgan fingerprint density at radius 2 is 1.86 bits per heavy atom. The minimum atomic E-state index is -4.56. The van der Waals surface area contributed by atoms with E-state index in [1.165, 1.54) is 0 Å². The van der Waals surface area contributed by atoms with E-state index in [0.717, 1.165) is 43.1 Å². The maximum atomic E-state index is 13.5. The summed E-state index contributed by atoms with van der Waals surface area (Å²) in [5, 5.41) is 0. The molecule has 3 rings (SSSR count). The lowest BCUT2D eigenvalue weighted by Crippen LogP contribution is -2.23. The Hall–Kier alpha value is -2.31. The summed E-state index contributed by atoms with van der Waals surface area (Å²) in [6.45, 7) is 6.61. The number of alkyl halides is 3. The predicted octanol–water partition coefficient (Wildman–Crippen LogP) is 6.10. The van der Waals surface area contributed by atoms with E-state index >= 15 is 0 Å². The first-order chi connectivity index (χ1) is 13.3. The van der Waals surface area contributed by atoms with Gasteiger partial charge in [-0.2, -0.15) is 18.2 Å². The lowest BCUT2D eigenvalue weighted by Gasteiger charge is -2.26. The summed E-state index contributed by atoms with van der Waals surface area (Å²) in [6.07, 6.45) is -0.497. The van der Waals surface area contributed by atoms with Crippen LogP contribution in [0.25, 0.3) is 0 Å². The zero-order valence-corrected chi connectivity index (χ0v) is 16.5. The van der Waals surface area contributed by atoms with Gasteiger partial charge in [0.25, 0.3) is 0 Å². The van der Waals surface area contributed by atoms with Crippen molar-refractivity contribution in [3.8, 4) is 5.88 Å². The van der Waals surface area contributed by atoms with Crippen molar-refractivity contribution in [2.24, 2.45) is 0 Å². The van der Waals surface area contributed by atoms with Gasteiger partial charge in [-0.15, -0.1) is 0 Å². The molecule has 1 heterocycles. The molecule has 0 atom stereocenters. The van der Waals surface area contributed by atoms with Crippen molar-refractivity contribution in [3.63, 3.8) is 0 Å². The molecule has 0 bridgehead atoms. The first-order valence-corrected chi connectivity index (χ1v) is 9.78. The Morgan fingerprint density at radius 3 is 2.46 bits per heavy atom. The fraction of sp³-hybridized carbons (Fsp3) is 0.524. The van der Waals surface area contributed by atoms with Gasteiger partial charge < -0.3 is 9.64 Å². The summed E-state index contributed by atoms with van der Waals surface area (Å²) in [5.41, 5.74) is 1.06. The Kier molecular flexibility index (Phi) is 6.10. The van der Waals surface area contributed by atoms with Crippen molar-refractivity contribution in [2.45, 2.75) is 64.7 Å². The standard InChI is InChI=1S/C21H26F3N3O/c1-4-27(18-12-8-7-11-16(18)14(2)3)20-25-13-17(21(22,23)24)19(26-20)28-15-9-5-6-10-15/h7-8,11-15H,4-6,9-10H2,1-3H3. The third-order valence-electron chi connectivity index (χ3n) is 5.03. The maximum absolute atomic E-state index is 13.5. The van der Waals surface area contributed by atoms with E-state index in [2.05, 4.69) is 23.8 Å². The van der Waals surface area contributed by atoms with Gasteiger partial charge in [-0.3, -0.25) is 0 Å². The Morgan fingerprint density at radius 1 is 1.18 bits per heavy atom. The van der Waals surface area contributed by atoms with Crippen LogP contribution in [0.15, 0.2) is 30.5 Å². The van der Waals surface area contributed by atoms with Crippen LogP contribution in [0.2, 0.25) is 0 Å². The van der Waals surface area contributed by atoms with E-state index in [-0.39, 0.29) is 23.9 Å². The molecule has 0 amide bonds. The number of benzene rings is 1. The van der Waals surface area contributed by atoms with Gasteiger partial charge in [0.2, 0.25) is 11.8 Å². The van der Waals surface area contributed by atoms with Crippen molar-refractivity contribution in [1.29, 1.82) is 0 Å². The molecule has 0 radical (unpaired) electrons. The average molecular weight is 393 g/mol. The molecule has 1 saturated carbocycles. The highest BCUT2D eigenvalue weighted by Crippen LogP contribution is 2.38. The number of hydrogen-bond acceptors (Lipinski definition) is 4. The molecule has 28 heavy (non-hydrogen) atoms. The number of hydrogen-bond donors (Lipinski definition) is 0. The molecule has 4 nitrogen and oxygen atoms in total. The number of anilines is 2. The first kappa shape index (κ1) is 20.4. The molecular weight excluding hydrogens is 367 g/mol. The summed E-state index contributed by atoms with van der Waals surface area (Å²) in [5.74, 6) is 0.107. The molecule has 0 spiro atoms. The molecule has 7 heteroatoms. The molecule has 1 aromatic heterocycles. The van der Waals surface area contributed by atoms with Crippen LogP contribution in [0.1, 0.15) is 63.5 Å². The average Bonchev–Trinajstić information content (AvgIpc) is 3.15. The molecule has 0 saturated heterocycles. The van der Waals surface area contributed by atoms with E-state index in [1.807, 2.05) is 36.1 Å². The van der Waals surface area contributed by atoms with E-state index in [1.54, 1.807) is 0 Å². The number of nitrogens with zero attached hydrogens (tertiary/aromatic N) is 3. The van der Waals surface area contributed by atoms with Crippen LogP contribution < -0.4 is 9.64 Å². The molecule has 0 N–H and O–H groups in total. The molecule has 0 unspecified atom stereocenters. The highest BCUT2D eigenvalue weighted by Gasteiger charge is 2.37. The van der Waals surface area contributed by atoms with Gasteiger partial charge in [-0.1, -0.05) is 32.0 Å². The van der Waals surface area contributed by atoms with Gasteiger partial charge in [-0.25, -0.2) is 4.98 Å². The Balaban J connectivity index is 2.03. The third kappa shape index (κ3) is 4.39. The second-order valence-corrected chi connectivity index (χ2v) is 7.37. The second-order valence-electron chi connectivity index (χ2n) is 7.37. The monoisotopic (exact) mass is 393 g/mol. The Bertz CT molecular complexity index is 802. The Labute approximate surface area is 163 Å². The van der Waals surface area contributed by atoms with Gasteiger partial charge in [0.1, 0.15) is 11.7 Å². The van der Waals surface area contributed by atoms with Crippen LogP contribution >= 0.6 is 0 Å². The molecule has 1 aliphatic carbocycles. The second kappa shape index (κ2) is 8.37. The summed E-state index contributed by atoms with van der Waals surface area (Å²) in [6, 6.07) is 7.82. The summed E-state index contributed by atoms with van der Waals surface area (Å²) in [4.78, 5) is 10.1.